The third kappa shape index (κ3) is 10.7. The van der Waals surface area contributed by atoms with E-state index < -0.39 is 60.2 Å². The Morgan fingerprint density at radius 1 is 0.897 bits per heavy atom. The number of nitrogens with two attached hydrogens (primary N) is 1. The minimum absolute atomic E-state index is 0.135. The zero-order chi connectivity index (χ0) is 22.7. The summed E-state index contributed by atoms with van der Waals surface area (Å²) < 4.78 is 0. The van der Waals surface area contributed by atoms with E-state index >= 15 is 0 Å². The van der Waals surface area contributed by atoms with Gasteiger partial charge in [0.15, 0.2) is 0 Å². The van der Waals surface area contributed by atoms with Crippen LogP contribution in [0, 0.1) is 5.92 Å². The molecule has 3 amide bonds. The molecule has 12 heteroatoms. The molecule has 0 aliphatic rings. The Hall–Kier alpha value is -2.34. The SMILES string of the molecule is CC(C)CC(N)C(=O)NC(CCC(=O)O)C(=O)NC(CS)C(=O)NC(C)C(=O)O. The van der Waals surface area contributed by atoms with Gasteiger partial charge in [0, 0.05) is 12.2 Å². The van der Waals surface area contributed by atoms with Crippen LogP contribution in [0.15, 0.2) is 0 Å². The molecule has 0 heterocycles. The van der Waals surface area contributed by atoms with Crippen LogP contribution in [0.2, 0.25) is 0 Å². The van der Waals surface area contributed by atoms with Crippen molar-refractivity contribution in [3.8, 4) is 0 Å². The lowest BCUT2D eigenvalue weighted by Gasteiger charge is -2.24. The highest BCUT2D eigenvalue weighted by Crippen LogP contribution is 2.05. The Labute approximate surface area is 174 Å². The van der Waals surface area contributed by atoms with Crippen LogP contribution in [0.4, 0.5) is 0 Å². The smallest absolute Gasteiger partial charge is 0.325 e. The van der Waals surface area contributed by atoms with Crippen LogP contribution in [0.25, 0.3) is 0 Å². The van der Waals surface area contributed by atoms with E-state index in [0.717, 1.165) is 0 Å². The summed E-state index contributed by atoms with van der Waals surface area (Å²) in [7, 11) is 0. The molecule has 11 nitrogen and oxygen atoms in total. The van der Waals surface area contributed by atoms with E-state index in [1.54, 1.807) is 0 Å². The van der Waals surface area contributed by atoms with Gasteiger partial charge in [-0.05, 0) is 25.7 Å². The minimum atomic E-state index is -1.26. The molecule has 0 radical (unpaired) electrons. The Kier molecular flexibility index (Phi) is 11.9. The number of carboxylic acid groups (broad SMARTS) is 2. The number of thiol groups is 1. The molecule has 0 bridgehead atoms. The van der Waals surface area contributed by atoms with Crippen molar-refractivity contribution in [3.63, 3.8) is 0 Å². The van der Waals surface area contributed by atoms with Crippen molar-refractivity contribution in [1.82, 2.24) is 16.0 Å². The van der Waals surface area contributed by atoms with E-state index in [2.05, 4.69) is 28.6 Å². The maximum Gasteiger partial charge on any atom is 0.325 e. The van der Waals surface area contributed by atoms with Crippen molar-refractivity contribution in [2.75, 3.05) is 5.75 Å². The standard InChI is InChI=1S/C17H30N4O7S/c1-8(2)6-10(18)14(24)20-11(4-5-13(22)23)15(25)21-12(7-29)16(26)19-9(3)17(27)28/h8-12,29H,4-7,18H2,1-3H3,(H,19,26)(H,20,24)(H,21,25)(H,22,23)(H,27,28). The van der Waals surface area contributed by atoms with Crippen LogP contribution in [-0.4, -0.2) is 69.8 Å². The van der Waals surface area contributed by atoms with Gasteiger partial charge in [0.05, 0.1) is 6.04 Å². The number of nitrogens with one attached hydrogen (secondary N) is 3. The van der Waals surface area contributed by atoms with Gasteiger partial charge in [0.1, 0.15) is 18.1 Å². The Morgan fingerprint density at radius 3 is 1.86 bits per heavy atom. The first-order valence-electron chi connectivity index (χ1n) is 9.11. The van der Waals surface area contributed by atoms with Gasteiger partial charge in [0.2, 0.25) is 17.7 Å². The fourth-order valence-corrected chi connectivity index (χ4v) is 2.53. The lowest BCUT2D eigenvalue weighted by atomic mass is 10.0. The van der Waals surface area contributed by atoms with Gasteiger partial charge < -0.3 is 31.9 Å². The molecule has 4 atom stereocenters. The van der Waals surface area contributed by atoms with Crippen molar-refractivity contribution in [3.05, 3.63) is 0 Å². The highest BCUT2D eigenvalue weighted by Gasteiger charge is 2.29. The van der Waals surface area contributed by atoms with Gasteiger partial charge >= 0.3 is 11.9 Å². The van der Waals surface area contributed by atoms with Crippen molar-refractivity contribution >= 4 is 42.3 Å². The summed E-state index contributed by atoms with van der Waals surface area (Å²) >= 11 is 3.97. The number of hydrogen-bond acceptors (Lipinski definition) is 7. The average Bonchev–Trinajstić information content (AvgIpc) is 2.61. The molecule has 0 aromatic carbocycles. The molecule has 4 unspecified atom stereocenters. The zero-order valence-electron chi connectivity index (χ0n) is 16.7. The average molecular weight is 435 g/mol. The normalized spacial score (nSPS) is 15.0. The van der Waals surface area contributed by atoms with Gasteiger partial charge in [0.25, 0.3) is 0 Å². The predicted molar refractivity (Wildman–Crippen MR) is 107 cm³/mol. The van der Waals surface area contributed by atoms with Crippen LogP contribution < -0.4 is 21.7 Å². The van der Waals surface area contributed by atoms with Gasteiger partial charge in [-0.1, -0.05) is 13.8 Å². The van der Waals surface area contributed by atoms with Crippen LogP contribution in [-0.2, 0) is 24.0 Å². The van der Waals surface area contributed by atoms with Crippen molar-refractivity contribution < 1.29 is 34.2 Å². The minimum Gasteiger partial charge on any atom is -0.481 e. The molecule has 0 aliphatic heterocycles. The molecule has 0 saturated carbocycles. The Bertz CT molecular complexity index is 615. The largest absolute Gasteiger partial charge is 0.481 e. The third-order valence-electron chi connectivity index (χ3n) is 3.89. The van der Waals surface area contributed by atoms with E-state index in [0.29, 0.717) is 6.42 Å². The van der Waals surface area contributed by atoms with Gasteiger partial charge in [-0.3, -0.25) is 24.0 Å². The number of carbonyl (C=O) groups is 5. The highest BCUT2D eigenvalue weighted by atomic mass is 32.1. The fourth-order valence-electron chi connectivity index (χ4n) is 2.27. The van der Waals surface area contributed by atoms with Crippen LogP contribution in [0.1, 0.15) is 40.0 Å². The quantitative estimate of drug-likeness (QED) is 0.174. The van der Waals surface area contributed by atoms with E-state index in [-0.39, 0.29) is 18.1 Å². The van der Waals surface area contributed by atoms with Crippen LogP contribution in [0.3, 0.4) is 0 Å². The molecule has 0 rings (SSSR count). The third-order valence-corrected chi connectivity index (χ3v) is 4.25. The number of carbonyl (C=O) groups excluding carboxylic acids is 3. The number of aliphatic carboxylic acids is 2. The van der Waals surface area contributed by atoms with Crippen molar-refractivity contribution in [2.45, 2.75) is 64.2 Å². The second-order valence-electron chi connectivity index (χ2n) is 7.04. The highest BCUT2D eigenvalue weighted by molar-refractivity contribution is 7.80. The first-order chi connectivity index (χ1) is 13.4. The van der Waals surface area contributed by atoms with E-state index in [1.807, 2.05) is 13.8 Å². The Morgan fingerprint density at radius 2 is 1.41 bits per heavy atom. The van der Waals surface area contributed by atoms with E-state index in [4.69, 9.17) is 15.9 Å². The number of rotatable bonds is 13. The predicted octanol–water partition coefficient (Wildman–Crippen LogP) is -1.29. The van der Waals surface area contributed by atoms with Crippen LogP contribution in [0.5, 0.6) is 0 Å². The summed E-state index contributed by atoms with van der Waals surface area (Å²) in [5.74, 6) is -4.62. The lowest BCUT2D eigenvalue weighted by molar-refractivity contribution is -0.141. The summed E-state index contributed by atoms with van der Waals surface area (Å²) in [6.07, 6.45) is -0.243. The van der Waals surface area contributed by atoms with Crippen molar-refractivity contribution in [2.24, 2.45) is 11.7 Å². The number of amides is 3. The summed E-state index contributed by atoms with van der Waals surface area (Å²) in [4.78, 5) is 58.6. The van der Waals surface area contributed by atoms with Crippen molar-refractivity contribution in [1.29, 1.82) is 0 Å². The first-order valence-corrected chi connectivity index (χ1v) is 9.74. The topological polar surface area (TPSA) is 188 Å². The molecule has 29 heavy (non-hydrogen) atoms. The molecule has 166 valence electrons. The summed E-state index contributed by atoms with van der Waals surface area (Å²) in [6, 6.07) is -4.47. The maximum atomic E-state index is 12.5. The number of hydrogen-bond donors (Lipinski definition) is 7. The van der Waals surface area contributed by atoms with Gasteiger partial charge in [-0.15, -0.1) is 0 Å². The molecule has 0 aromatic rings. The summed E-state index contributed by atoms with van der Waals surface area (Å²) in [5, 5.41) is 24.7. The number of carboxylic acids is 2. The molecule has 0 saturated heterocycles. The molecule has 0 aromatic heterocycles. The zero-order valence-corrected chi connectivity index (χ0v) is 17.6. The van der Waals surface area contributed by atoms with Crippen LogP contribution >= 0.6 is 12.6 Å². The molecule has 7 N–H and O–H groups in total. The maximum absolute atomic E-state index is 12.5. The second-order valence-corrected chi connectivity index (χ2v) is 7.41. The van der Waals surface area contributed by atoms with E-state index in [1.165, 1.54) is 6.92 Å². The molecular weight excluding hydrogens is 404 g/mol. The summed E-state index contributed by atoms with van der Waals surface area (Å²) in [6.45, 7) is 5.00. The van der Waals surface area contributed by atoms with Gasteiger partial charge in [-0.25, -0.2) is 0 Å². The Balaban J connectivity index is 5.16. The molecule has 0 aliphatic carbocycles. The molecule has 0 spiro atoms. The lowest BCUT2D eigenvalue weighted by Crippen LogP contribution is -2.57. The van der Waals surface area contributed by atoms with E-state index in [9.17, 15) is 24.0 Å². The monoisotopic (exact) mass is 434 g/mol. The second kappa shape index (κ2) is 13.0. The fraction of sp³-hybridized carbons (Fsp3) is 0.706. The molecule has 0 fully saturated rings. The van der Waals surface area contributed by atoms with Gasteiger partial charge in [-0.2, -0.15) is 12.6 Å². The first kappa shape index (κ1) is 26.7. The summed E-state index contributed by atoms with van der Waals surface area (Å²) in [5.41, 5.74) is 5.79. The molecular formula is C17H30N4O7S.